The van der Waals surface area contributed by atoms with E-state index in [2.05, 4.69) is 11.2 Å². The Morgan fingerprint density at radius 1 is 0.974 bits per heavy atom. The van der Waals surface area contributed by atoms with Gasteiger partial charge in [0.1, 0.15) is 27.1 Å². The van der Waals surface area contributed by atoms with Crippen LogP contribution in [-0.2, 0) is 19.9 Å². The van der Waals surface area contributed by atoms with Crippen LogP contribution in [0.3, 0.4) is 0 Å². The van der Waals surface area contributed by atoms with Crippen LogP contribution in [0.4, 0.5) is 15.8 Å². The molecule has 1 unspecified atom stereocenters. The molecule has 0 fully saturated rings. The summed E-state index contributed by atoms with van der Waals surface area (Å²) in [7, 11) is -2.51. The number of para-hydroxylation sites is 1. The van der Waals surface area contributed by atoms with E-state index < -0.39 is 31.6 Å². The largest absolute Gasteiger partial charge is 0.455 e. The fourth-order valence-electron chi connectivity index (χ4n) is 4.08. The number of carbonyl (C=O) groups excluding carboxylic acids is 1. The molecule has 38 heavy (non-hydrogen) atoms. The molecule has 0 bridgehead atoms. The van der Waals surface area contributed by atoms with Gasteiger partial charge in [0.05, 0.1) is 23.2 Å². The summed E-state index contributed by atoms with van der Waals surface area (Å²) in [5.74, 6) is 2.88. The zero-order chi connectivity index (χ0) is 28.0. The van der Waals surface area contributed by atoms with Crippen LogP contribution < -0.4 is 19.1 Å². The van der Waals surface area contributed by atoms with E-state index in [0.29, 0.717) is 33.5 Å². The van der Waals surface area contributed by atoms with Gasteiger partial charge in [0.25, 0.3) is 5.91 Å². The maximum Gasteiger partial charge on any atom is 0.255 e. The van der Waals surface area contributed by atoms with Crippen molar-refractivity contribution in [2.45, 2.75) is 0 Å². The second kappa shape index (κ2) is 9.78. The van der Waals surface area contributed by atoms with Gasteiger partial charge in [-0.2, -0.15) is 0 Å². The summed E-state index contributed by atoms with van der Waals surface area (Å²) in [4.78, 5) is 13.1. The summed E-state index contributed by atoms with van der Waals surface area (Å²) in [6.45, 7) is 0. The van der Waals surface area contributed by atoms with Gasteiger partial charge in [-0.05, 0) is 42.3 Å². The van der Waals surface area contributed by atoms with Gasteiger partial charge < -0.3 is 9.73 Å². The summed E-state index contributed by atoms with van der Waals surface area (Å²) in [5.41, 5.74) is 2.52. The van der Waals surface area contributed by atoms with Gasteiger partial charge in [0.15, 0.2) is 0 Å². The van der Waals surface area contributed by atoms with Gasteiger partial charge in [-0.3, -0.25) is 13.4 Å². The maximum absolute atomic E-state index is 13.6. The molecule has 1 atom stereocenters. The Morgan fingerprint density at radius 2 is 1.61 bits per heavy atom. The van der Waals surface area contributed by atoms with Gasteiger partial charge in [0.2, 0.25) is 10.0 Å². The number of furan rings is 1. The Kier molecular flexibility index (Phi) is 6.99. The van der Waals surface area contributed by atoms with Crippen LogP contribution in [-0.4, -0.2) is 51.8 Å². The number of nitrogens with one attached hydrogen (secondary N) is 1. The summed E-state index contributed by atoms with van der Waals surface area (Å²) in [6.07, 6.45) is 1.08. The van der Waals surface area contributed by atoms with E-state index in [1.165, 1.54) is 49.7 Å². The molecule has 12 heteroatoms. The van der Waals surface area contributed by atoms with E-state index in [9.17, 15) is 21.8 Å². The van der Waals surface area contributed by atoms with Crippen LogP contribution in [0.1, 0.15) is 10.4 Å². The monoisotopic (exact) mass is 558 g/mol. The van der Waals surface area contributed by atoms with Crippen molar-refractivity contribution in [3.05, 3.63) is 72.0 Å². The third kappa shape index (κ3) is 4.97. The van der Waals surface area contributed by atoms with E-state index in [-0.39, 0.29) is 16.9 Å². The van der Waals surface area contributed by atoms with Crippen LogP contribution >= 0.6 is 0 Å². The third-order valence-corrected chi connectivity index (χ3v) is 8.52. The summed E-state index contributed by atoms with van der Waals surface area (Å²) >= 11 is 0. The minimum Gasteiger partial charge on any atom is -0.455 e. The quantitative estimate of drug-likeness (QED) is 0.335. The molecule has 3 aromatic carbocycles. The molecule has 4 aromatic rings. The number of sulfonamides is 1. The van der Waals surface area contributed by atoms with Crippen LogP contribution in [0.5, 0.6) is 0 Å². The first-order valence-corrected chi connectivity index (χ1v) is 14.8. The Labute approximate surface area is 221 Å². The highest BCUT2D eigenvalue weighted by molar-refractivity contribution is 7.99. The highest BCUT2D eigenvalue weighted by Crippen LogP contribution is 2.43. The number of nitrogens with two attached hydrogens (primary N) is 1. The van der Waals surface area contributed by atoms with Crippen molar-refractivity contribution in [2.75, 3.05) is 36.0 Å². The van der Waals surface area contributed by atoms with E-state index in [4.69, 9.17) is 9.56 Å². The number of hydrogen-bond acceptors (Lipinski definition) is 5. The SMILES string of the molecule is C=S(N)(=O)N(C)c1cc2oc(-c3ccc(F)cc3)c(C(=O)NC)c2cc1-c1ccccc1N(C)S(C)(=O)=O. The molecule has 0 spiro atoms. The smallest absolute Gasteiger partial charge is 0.255 e. The van der Waals surface area contributed by atoms with Crippen LogP contribution in [0, 0.1) is 5.82 Å². The predicted molar refractivity (Wildman–Crippen MR) is 152 cm³/mol. The number of fused-ring (bicyclic) bond motifs is 1. The highest BCUT2D eigenvalue weighted by atomic mass is 32.2. The fourth-order valence-corrected chi connectivity index (χ4v) is 5.09. The van der Waals surface area contributed by atoms with Crippen molar-refractivity contribution in [3.8, 4) is 22.5 Å². The topological polar surface area (TPSA) is 126 Å². The lowest BCUT2D eigenvalue weighted by molar-refractivity contribution is 0.0964. The van der Waals surface area contributed by atoms with Crippen LogP contribution in [0.2, 0.25) is 0 Å². The average Bonchev–Trinajstić information content (AvgIpc) is 3.24. The molecular formula is C26H27FN4O5S2. The number of nitrogens with zero attached hydrogens (tertiary/aromatic N) is 2. The molecule has 3 N–H and O–H groups in total. The Morgan fingerprint density at radius 3 is 2.18 bits per heavy atom. The number of anilines is 2. The van der Waals surface area contributed by atoms with E-state index in [0.717, 1.165) is 10.6 Å². The van der Waals surface area contributed by atoms with E-state index in [1.54, 1.807) is 36.4 Å². The van der Waals surface area contributed by atoms with Crippen molar-refractivity contribution >= 4 is 54.0 Å². The molecule has 1 amide bonds. The highest BCUT2D eigenvalue weighted by Gasteiger charge is 2.27. The van der Waals surface area contributed by atoms with Gasteiger partial charge in [-0.15, -0.1) is 0 Å². The fraction of sp³-hybridized carbons (Fsp3) is 0.154. The van der Waals surface area contributed by atoms with Crippen LogP contribution in [0.25, 0.3) is 33.4 Å². The summed E-state index contributed by atoms with van der Waals surface area (Å²) in [5, 5.41) is 8.89. The molecule has 0 aliphatic heterocycles. The lowest BCUT2D eigenvalue weighted by Gasteiger charge is -2.26. The minimum absolute atomic E-state index is 0.196. The number of carbonyl (C=O) groups is 1. The van der Waals surface area contributed by atoms with Crippen molar-refractivity contribution in [2.24, 2.45) is 5.14 Å². The predicted octanol–water partition coefficient (Wildman–Crippen LogP) is 3.60. The Balaban J connectivity index is 2.13. The molecule has 1 aromatic heterocycles. The third-order valence-electron chi connectivity index (χ3n) is 6.20. The Bertz CT molecular complexity index is 1770. The van der Waals surface area contributed by atoms with Crippen LogP contribution in [0.15, 0.2) is 65.1 Å². The normalized spacial score (nSPS) is 13.2. The summed E-state index contributed by atoms with van der Waals surface area (Å²) < 4.78 is 59.8. The first kappa shape index (κ1) is 27.2. The van der Waals surface area contributed by atoms with E-state index in [1.807, 2.05) is 0 Å². The molecule has 0 saturated carbocycles. The van der Waals surface area contributed by atoms with Crippen molar-refractivity contribution < 1.29 is 26.2 Å². The first-order chi connectivity index (χ1) is 17.7. The lowest BCUT2D eigenvalue weighted by atomic mass is 9.97. The number of benzene rings is 3. The first-order valence-electron chi connectivity index (χ1n) is 11.2. The van der Waals surface area contributed by atoms with Crippen molar-refractivity contribution in [3.63, 3.8) is 0 Å². The molecule has 0 radical (unpaired) electrons. The second-order valence-electron chi connectivity index (χ2n) is 8.69. The second-order valence-corrected chi connectivity index (χ2v) is 12.6. The van der Waals surface area contributed by atoms with Gasteiger partial charge in [0, 0.05) is 49.3 Å². The minimum atomic E-state index is -3.64. The molecule has 0 aliphatic carbocycles. The molecular weight excluding hydrogens is 531 g/mol. The van der Waals surface area contributed by atoms with Crippen molar-refractivity contribution in [1.29, 1.82) is 0 Å². The molecule has 4 rings (SSSR count). The number of hydrogen-bond donors (Lipinski definition) is 2. The standard InChI is InChI=1S/C26H27FN4O5S2/c1-29-26(32)24-20-14-19(18-8-6-7-9-21(18)31(3)38(5,34)35)22(30(2)37(4,28)33)15-23(20)36-25(24)16-10-12-17(27)13-11-16/h6-15H,4H2,1-3,5H3,(H2,28,33)(H,29,32). The summed E-state index contributed by atoms with van der Waals surface area (Å²) in [6, 6.07) is 15.5. The van der Waals surface area contributed by atoms with Gasteiger partial charge in [-0.25, -0.2) is 22.2 Å². The zero-order valence-corrected chi connectivity index (χ0v) is 22.8. The molecule has 9 nitrogen and oxygen atoms in total. The number of amides is 1. The number of rotatable bonds is 7. The molecule has 0 saturated heterocycles. The molecule has 200 valence electrons. The maximum atomic E-state index is 13.6. The van der Waals surface area contributed by atoms with Gasteiger partial charge >= 0.3 is 0 Å². The lowest BCUT2D eigenvalue weighted by Crippen LogP contribution is -2.33. The number of halogens is 1. The average molecular weight is 559 g/mol. The molecule has 1 heterocycles. The zero-order valence-electron chi connectivity index (χ0n) is 21.2. The van der Waals surface area contributed by atoms with Gasteiger partial charge in [-0.1, -0.05) is 18.2 Å². The Hall–Kier alpha value is -3.87. The van der Waals surface area contributed by atoms with E-state index >= 15 is 0 Å². The molecule has 0 aliphatic rings. The van der Waals surface area contributed by atoms with Crippen molar-refractivity contribution in [1.82, 2.24) is 5.32 Å².